The number of nitrogens with one attached hydrogen (secondary N) is 1. The number of sulfonamides is 1. The lowest BCUT2D eigenvalue weighted by atomic mass is 10.2. The van der Waals surface area contributed by atoms with Crippen LogP contribution in [0, 0.1) is 6.92 Å². The van der Waals surface area contributed by atoms with E-state index in [4.69, 9.17) is 16.3 Å². The Labute approximate surface area is 192 Å². The number of carbonyl (C=O) groups excluding carboxylic acids is 1. The molecular formula is C19H17ClN4O4S3. The van der Waals surface area contributed by atoms with Gasteiger partial charge in [0.2, 0.25) is 5.13 Å². The maximum atomic E-state index is 13.4. The van der Waals surface area contributed by atoms with Crippen LogP contribution in [0.4, 0.5) is 10.8 Å². The molecule has 3 aromatic rings. The SMILES string of the molecule is CSc1nnc(NC(=O)[C@H]2CN(S(=O)(=O)c3ccc(C)cc3)c3cc(Cl)ccc3O2)s1. The van der Waals surface area contributed by atoms with E-state index in [0.29, 0.717) is 14.5 Å². The molecule has 4 rings (SSSR count). The number of amides is 1. The fourth-order valence-electron chi connectivity index (χ4n) is 2.95. The third-order valence-electron chi connectivity index (χ3n) is 4.50. The standard InChI is InChI=1S/C19H17ClN4O4S3/c1-11-3-6-13(7-4-11)31(26,27)24-10-16(28-15-8-5-12(20)9-14(15)24)17(25)21-18-22-23-19(29-2)30-18/h3-9,16H,10H2,1-2H3,(H,21,22,25)/t16-/m1/s1. The molecule has 1 N–H and O–H groups in total. The number of nitrogens with zero attached hydrogens (tertiary/aromatic N) is 3. The highest BCUT2D eigenvalue weighted by molar-refractivity contribution is 8.00. The van der Waals surface area contributed by atoms with E-state index in [1.54, 1.807) is 24.3 Å². The van der Waals surface area contributed by atoms with Gasteiger partial charge in [-0.1, -0.05) is 52.4 Å². The summed E-state index contributed by atoms with van der Waals surface area (Å²) in [6.07, 6.45) is 0.766. The van der Waals surface area contributed by atoms with E-state index in [1.165, 1.54) is 41.3 Å². The smallest absolute Gasteiger partial charge is 0.269 e. The lowest BCUT2D eigenvalue weighted by Crippen LogP contribution is -2.48. The molecule has 1 aliphatic rings. The van der Waals surface area contributed by atoms with Crippen LogP contribution in [-0.2, 0) is 14.8 Å². The molecule has 0 unspecified atom stereocenters. The van der Waals surface area contributed by atoms with E-state index in [9.17, 15) is 13.2 Å². The molecule has 162 valence electrons. The predicted molar refractivity (Wildman–Crippen MR) is 122 cm³/mol. The summed E-state index contributed by atoms with van der Waals surface area (Å²) in [6.45, 7) is 1.65. The first-order valence-corrected chi connectivity index (χ1v) is 12.9. The molecular weight excluding hydrogens is 480 g/mol. The molecule has 0 fully saturated rings. The van der Waals surface area contributed by atoms with Gasteiger partial charge in [-0.15, -0.1) is 10.2 Å². The fraction of sp³-hybridized carbons (Fsp3) is 0.211. The van der Waals surface area contributed by atoms with Gasteiger partial charge in [0.15, 0.2) is 10.4 Å². The number of halogens is 1. The number of benzene rings is 2. The summed E-state index contributed by atoms with van der Waals surface area (Å²) in [5, 5.41) is 11.2. The first-order valence-electron chi connectivity index (χ1n) is 9.02. The van der Waals surface area contributed by atoms with Gasteiger partial charge < -0.3 is 4.74 Å². The van der Waals surface area contributed by atoms with Crippen LogP contribution in [-0.4, -0.2) is 43.4 Å². The van der Waals surface area contributed by atoms with Gasteiger partial charge in [0, 0.05) is 5.02 Å². The minimum absolute atomic E-state index is 0.110. The third kappa shape index (κ3) is 4.49. The predicted octanol–water partition coefficient (Wildman–Crippen LogP) is 3.82. The monoisotopic (exact) mass is 496 g/mol. The van der Waals surface area contributed by atoms with E-state index < -0.39 is 22.0 Å². The van der Waals surface area contributed by atoms with Crippen LogP contribution in [0.5, 0.6) is 5.75 Å². The van der Waals surface area contributed by atoms with Crippen LogP contribution in [0.3, 0.4) is 0 Å². The number of aromatic nitrogens is 2. The maximum absolute atomic E-state index is 13.4. The van der Waals surface area contributed by atoms with Crippen molar-refractivity contribution in [3.05, 3.63) is 53.1 Å². The van der Waals surface area contributed by atoms with Gasteiger partial charge >= 0.3 is 0 Å². The van der Waals surface area contributed by atoms with Crippen molar-refractivity contribution in [1.82, 2.24) is 10.2 Å². The van der Waals surface area contributed by atoms with Crippen molar-refractivity contribution in [3.8, 4) is 5.75 Å². The van der Waals surface area contributed by atoms with Crippen molar-refractivity contribution in [2.45, 2.75) is 22.3 Å². The van der Waals surface area contributed by atoms with Crippen molar-refractivity contribution in [2.24, 2.45) is 0 Å². The van der Waals surface area contributed by atoms with Crippen molar-refractivity contribution in [3.63, 3.8) is 0 Å². The first-order chi connectivity index (χ1) is 14.8. The number of aryl methyl sites for hydroxylation is 1. The van der Waals surface area contributed by atoms with Crippen molar-refractivity contribution in [1.29, 1.82) is 0 Å². The molecule has 0 bridgehead atoms. The van der Waals surface area contributed by atoms with Crippen LogP contribution < -0.4 is 14.4 Å². The minimum atomic E-state index is -3.96. The van der Waals surface area contributed by atoms with Crippen molar-refractivity contribution >= 4 is 61.4 Å². The fourth-order valence-corrected chi connectivity index (χ4v) is 5.76. The molecule has 8 nitrogen and oxygen atoms in total. The van der Waals surface area contributed by atoms with Crippen LogP contribution in [0.1, 0.15) is 5.56 Å². The number of rotatable bonds is 5. The molecule has 0 saturated heterocycles. The van der Waals surface area contributed by atoms with Crippen LogP contribution in [0.2, 0.25) is 5.02 Å². The molecule has 0 radical (unpaired) electrons. The summed E-state index contributed by atoms with van der Waals surface area (Å²) in [4.78, 5) is 13.0. The number of ether oxygens (including phenoxy) is 1. The van der Waals surface area contributed by atoms with E-state index in [0.717, 1.165) is 9.87 Å². The molecule has 1 atom stereocenters. The maximum Gasteiger partial charge on any atom is 0.269 e. The molecule has 1 aliphatic heterocycles. The summed E-state index contributed by atoms with van der Waals surface area (Å²) in [7, 11) is -3.96. The summed E-state index contributed by atoms with van der Waals surface area (Å²) in [5.74, 6) is -0.276. The molecule has 2 heterocycles. The Balaban J connectivity index is 1.68. The molecule has 0 spiro atoms. The molecule has 1 aromatic heterocycles. The number of carbonyl (C=O) groups is 1. The Morgan fingerprint density at radius 1 is 1.26 bits per heavy atom. The Hall–Kier alpha value is -2.34. The zero-order valence-electron chi connectivity index (χ0n) is 16.4. The minimum Gasteiger partial charge on any atom is -0.476 e. The van der Waals surface area contributed by atoms with Crippen LogP contribution in [0.15, 0.2) is 51.7 Å². The summed E-state index contributed by atoms with van der Waals surface area (Å²) >= 11 is 8.74. The lowest BCUT2D eigenvalue weighted by molar-refractivity contribution is -0.122. The lowest BCUT2D eigenvalue weighted by Gasteiger charge is -2.34. The van der Waals surface area contributed by atoms with Gasteiger partial charge in [-0.2, -0.15) is 0 Å². The summed E-state index contributed by atoms with van der Waals surface area (Å²) in [6, 6.07) is 11.1. The molecule has 31 heavy (non-hydrogen) atoms. The topological polar surface area (TPSA) is 101 Å². The summed E-state index contributed by atoms with van der Waals surface area (Å²) in [5.41, 5.74) is 1.21. The number of hydrogen-bond acceptors (Lipinski definition) is 8. The quantitative estimate of drug-likeness (QED) is 0.423. The molecule has 12 heteroatoms. The molecule has 0 aliphatic carbocycles. The molecule has 0 saturated carbocycles. The average Bonchev–Trinajstić information content (AvgIpc) is 3.20. The number of anilines is 2. The second-order valence-electron chi connectivity index (χ2n) is 6.63. The zero-order chi connectivity index (χ0) is 22.2. The zero-order valence-corrected chi connectivity index (χ0v) is 19.6. The van der Waals surface area contributed by atoms with Gasteiger partial charge in [-0.25, -0.2) is 8.42 Å². The Morgan fingerprint density at radius 2 is 2.00 bits per heavy atom. The summed E-state index contributed by atoms with van der Waals surface area (Å²) < 4.78 is 34.5. The van der Waals surface area contributed by atoms with Crippen LogP contribution >= 0.6 is 34.7 Å². The van der Waals surface area contributed by atoms with Crippen molar-refractivity contribution < 1.29 is 17.9 Å². The van der Waals surface area contributed by atoms with Crippen molar-refractivity contribution in [2.75, 3.05) is 22.4 Å². The van der Waals surface area contributed by atoms with E-state index in [-0.39, 0.29) is 22.9 Å². The number of fused-ring (bicyclic) bond motifs is 1. The Morgan fingerprint density at radius 3 is 2.68 bits per heavy atom. The van der Waals surface area contributed by atoms with Gasteiger partial charge in [-0.3, -0.25) is 14.4 Å². The number of hydrogen-bond donors (Lipinski definition) is 1. The number of thioether (sulfide) groups is 1. The van der Waals surface area contributed by atoms with Gasteiger partial charge in [-0.05, 0) is 43.5 Å². The van der Waals surface area contributed by atoms with E-state index in [1.807, 2.05) is 13.2 Å². The van der Waals surface area contributed by atoms with Gasteiger partial charge in [0.1, 0.15) is 5.75 Å². The molecule has 2 aromatic carbocycles. The highest BCUT2D eigenvalue weighted by Crippen LogP contribution is 2.39. The van der Waals surface area contributed by atoms with Gasteiger partial charge in [0.05, 0.1) is 17.1 Å². The van der Waals surface area contributed by atoms with Crippen LogP contribution in [0.25, 0.3) is 0 Å². The third-order valence-corrected chi connectivity index (χ3v) is 8.35. The Bertz CT molecular complexity index is 1230. The first kappa shape index (κ1) is 21.9. The highest BCUT2D eigenvalue weighted by Gasteiger charge is 2.38. The van der Waals surface area contributed by atoms with E-state index >= 15 is 0 Å². The highest BCUT2D eigenvalue weighted by atomic mass is 35.5. The second kappa shape index (κ2) is 8.65. The van der Waals surface area contributed by atoms with Gasteiger partial charge in [0.25, 0.3) is 15.9 Å². The normalized spacial score (nSPS) is 15.8. The largest absolute Gasteiger partial charge is 0.476 e. The van der Waals surface area contributed by atoms with E-state index in [2.05, 4.69) is 15.5 Å². The molecule has 1 amide bonds. The Kier molecular flexibility index (Phi) is 6.11. The average molecular weight is 497 g/mol. The second-order valence-corrected chi connectivity index (χ2v) is 11.0.